The van der Waals surface area contributed by atoms with Crippen LogP contribution in [0.1, 0.15) is 42.4 Å². The van der Waals surface area contributed by atoms with Gasteiger partial charge < -0.3 is 14.6 Å². The Morgan fingerprint density at radius 3 is 2.58 bits per heavy atom. The van der Waals surface area contributed by atoms with Gasteiger partial charge in [0, 0.05) is 13.5 Å². The van der Waals surface area contributed by atoms with E-state index in [9.17, 15) is 5.11 Å². The van der Waals surface area contributed by atoms with E-state index >= 15 is 0 Å². The fourth-order valence-electron chi connectivity index (χ4n) is 3.16. The molecule has 0 heterocycles. The maximum atomic E-state index is 11.0. The van der Waals surface area contributed by atoms with Gasteiger partial charge in [-0.3, -0.25) is 0 Å². The molecule has 1 fully saturated rings. The highest BCUT2D eigenvalue weighted by atomic mass is 16.5. The first-order chi connectivity index (χ1) is 9.00. The number of methoxy groups -OCH3 is 2. The van der Waals surface area contributed by atoms with E-state index in [1.54, 1.807) is 14.2 Å². The molecule has 19 heavy (non-hydrogen) atoms. The summed E-state index contributed by atoms with van der Waals surface area (Å²) < 4.78 is 10.8. The number of rotatable bonds is 3. The molecule has 3 nitrogen and oxygen atoms in total. The third-order valence-corrected chi connectivity index (χ3v) is 4.26. The number of ether oxygens (including phenoxy) is 2. The van der Waals surface area contributed by atoms with Crippen molar-refractivity contribution >= 4 is 0 Å². The minimum Gasteiger partial charge on any atom is -0.496 e. The molecule has 2 rings (SSSR count). The van der Waals surface area contributed by atoms with Crippen molar-refractivity contribution in [3.63, 3.8) is 0 Å². The highest BCUT2D eigenvalue weighted by molar-refractivity contribution is 5.44. The summed E-state index contributed by atoms with van der Waals surface area (Å²) in [5, 5.41) is 11.0. The van der Waals surface area contributed by atoms with E-state index < -0.39 is 5.60 Å². The van der Waals surface area contributed by atoms with Crippen LogP contribution in [0.4, 0.5) is 0 Å². The van der Waals surface area contributed by atoms with Gasteiger partial charge in [-0.1, -0.05) is 0 Å². The Bertz CT molecular complexity index is 456. The average molecular weight is 264 g/mol. The Hall–Kier alpha value is -1.06. The second-order valence-electron chi connectivity index (χ2n) is 5.62. The molecule has 2 unspecified atom stereocenters. The topological polar surface area (TPSA) is 38.7 Å². The van der Waals surface area contributed by atoms with Gasteiger partial charge in [0.05, 0.1) is 18.8 Å². The lowest BCUT2D eigenvalue weighted by molar-refractivity contribution is -0.0635. The summed E-state index contributed by atoms with van der Waals surface area (Å²) in [7, 11) is 3.40. The summed E-state index contributed by atoms with van der Waals surface area (Å²) >= 11 is 0. The van der Waals surface area contributed by atoms with Crippen LogP contribution in [0.15, 0.2) is 12.1 Å². The van der Waals surface area contributed by atoms with Crippen molar-refractivity contribution in [3.8, 4) is 5.75 Å². The van der Waals surface area contributed by atoms with Crippen LogP contribution in [0, 0.1) is 13.8 Å². The van der Waals surface area contributed by atoms with Crippen molar-refractivity contribution in [3.05, 3.63) is 28.8 Å². The van der Waals surface area contributed by atoms with E-state index in [-0.39, 0.29) is 6.10 Å². The van der Waals surface area contributed by atoms with Crippen molar-refractivity contribution in [2.24, 2.45) is 0 Å². The fourth-order valence-corrected chi connectivity index (χ4v) is 3.16. The van der Waals surface area contributed by atoms with Crippen LogP contribution in [-0.2, 0) is 10.3 Å². The van der Waals surface area contributed by atoms with Crippen molar-refractivity contribution < 1.29 is 14.6 Å². The quantitative estimate of drug-likeness (QED) is 0.911. The lowest BCUT2D eigenvalue weighted by Crippen LogP contribution is -2.36. The molecule has 2 atom stereocenters. The molecule has 0 saturated heterocycles. The van der Waals surface area contributed by atoms with Gasteiger partial charge in [0.2, 0.25) is 0 Å². The van der Waals surface area contributed by atoms with Gasteiger partial charge in [-0.2, -0.15) is 0 Å². The third-order valence-electron chi connectivity index (χ3n) is 4.26. The molecule has 0 aromatic heterocycles. The summed E-state index contributed by atoms with van der Waals surface area (Å²) in [5.41, 5.74) is 2.41. The first kappa shape index (κ1) is 14.4. The highest BCUT2D eigenvalue weighted by Crippen LogP contribution is 2.41. The number of hydrogen-bond donors (Lipinski definition) is 1. The van der Waals surface area contributed by atoms with Crippen molar-refractivity contribution in [2.75, 3.05) is 14.2 Å². The molecule has 1 N–H and O–H groups in total. The minimum absolute atomic E-state index is 0.153. The van der Waals surface area contributed by atoms with E-state index in [0.29, 0.717) is 6.42 Å². The van der Waals surface area contributed by atoms with E-state index in [1.807, 2.05) is 19.9 Å². The first-order valence-electron chi connectivity index (χ1n) is 6.91. The first-order valence-corrected chi connectivity index (χ1v) is 6.91. The number of aliphatic hydroxyl groups is 1. The normalized spacial score (nSPS) is 27.3. The van der Waals surface area contributed by atoms with E-state index in [2.05, 4.69) is 6.07 Å². The van der Waals surface area contributed by atoms with Crippen molar-refractivity contribution in [1.29, 1.82) is 0 Å². The molecule has 1 aromatic rings. The molecule has 106 valence electrons. The van der Waals surface area contributed by atoms with Crippen LogP contribution >= 0.6 is 0 Å². The average Bonchev–Trinajstić information content (AvgIpc) is 2.40. The van der Waals surface area contributed by atoms with Crippen LogP contribution in [0.5, 0.6) is 5.75 Å². The summed E-state index contributed by atoms with van der Waals surface area (Å²) in [6.45, 7) is 4.05. The van der Waals surface area contributed by atoms with E-state index in [1.165, 1.54) is 0 Å². The molecule has 3 heteroatoms. The van der Waals surface area contributed by atoms with Gasteiger partial charge in [0.15, 0.2) is 0 Å². The number of hydrogen-bond acceptors (Lipinski definition) is 3. The lowest BCUT2D eigenvalue weighted by atomic mass is 9.76. The maximum absolute atomic E-state index is 11.0. The van der Waals surface area contributed by atoms with Crippen molar-refractivity contribution in [1.82, 2.24) is 0 Å². The fraction of sp³-hybridized carbons (Fsp3) is 0.625. The molecule has 0 aliphatic heterocycles. The summed E-state index contributed by atoms with van der Waals surface area (Å²) in [6, 6.07) is 4.07. The molecule has 0 radical (unpaired) electrons. The molecule has 1 aliphatic rings. The van der Waals surface area contributed by atoms with Gasteiger partial charge in [-0.25, -0.2) is 0 Å². The molecule has 0 bridgehead atoms. The number of aryl methyl sites for hydroxylation is 2. The molecule has 1 saturated carbocycles. The zero-order chi connectivity index (χ0) is 14.0. The van der Waals surface area contributed by atoms with E-state index in [4.69, 9.17) is 9.47 Å². The Labute approximate surface area is 115 Å². The predicted molar refractivity (Wildman–Crippen MR) is 75.6 cm³/mol. The Morgan fingerprint density at radius 1 is 1.21 bits per heavy atom. The van der Waals surface area contributed by atoms with Gasteiger partial charge in [-0.05, 0) is 61.9 Å². The van der Waals surface area contributed by atoms with Crippen molar-refractivity contribution in [2.45, 2.75) is 51.2 Å². The standard InChI is InChI=1S/C16H24O3/c1-11-9-15(19-4)12(2)8-14(11)16(17)7-5-6-13(10-16)18-3/h8-9,13,17H,5-7,10H2,1-4H3. The zero-order valence-electron chi connectivity index (χ0n) is 12.3. The van der Waals surface area contributed by atoms with Gasteiger partial charge >= 0.3 is 0 Å². The Balaban J connectivity index is 2.37. The van der Waals surface area contributed by atoms with Gasteiger partial charge in [0.1, 0.15) is 5.75 Å². The minimum atomic E-state index is -0.764. The monoisotopic (exact) mass is 264 g/mol. The zero-order valence-corrected chi connectivity index (χ0v) is 12.3. The number of benzene rings is 1. The molecule has 1 aromatic carbocycles. The molecule has 0 amide bonds. The lowest BCUT2D eigenvalue weighted by Gasteiger charge is -2.37. The van der Waals surface area contributed by atoms with Gasteiger partial charge in [-0.15, -0.1) is 0 Å². The second kappa shape index (κ2) is 5.51. The summed E-state index contributed by atoms with van der Waals surface area (Å²) in [4.78, 5) is 0. The molecule has 0 spiro atoms. The maximum Gasteiger partial charge on any atom is 0.122 e. The largest absolute Gasteiger partial charge is 0.496 e. The summed E-state index contributed by atoms with van der Waals surface area (Å²) in [6.07, 6.45) is 3.67. The third kappa shape index (κ3) is 2.77. The van der Waals surface area contributed by atoms with Crippen LogP contribution in [0.3, 0.4) is 0 Å². The van der Waals surface area contributed by atoms with E-state index in [0.717, 1.165) is 41.7 Å². The van der Waals surface area contributed by atoms with Gasteiger partial charge in [0.25, 0.3) is 0 Å². The SMILES string of the molecule is COc1cc(C)c(C2(O)CCCC(OC)C2)cc1C. The summed E-state index contributed by atoms with van der Waals surface area (Å²) in [5.74, 6) is 0.879. The predicted octanol–water partition coefficient (Wildman–Crippen LogP) is 3.09. The molecule has 1 aliphatic carbocycles. The smallest absolute Gasteiger partial charge is 0.122 e. The van der Waals surface area contributed by atoms with Crippen LogP contribution in [-0.4, -0.2) is 25.4 Å². The van der Waals surface area contributed by atoms with Crippen LogP contribution in [0.2, 0.25) is 0 Å². The van der Waals surface area contributed by atoms with Crippen LogP contribution < -0.4 is 4.74 Å². The Morgan fingerprint density at radius 2 is 1.95 bits per heavy atom. The highest BCUT2D eigenvalue weighted by Gasteiger charge is 2.37. The Kier molecular flexibility index (Phi) is 4.16. The second-order valence-corrected chi connectivity index (χ2v) is 5.62. The van der Waals surface area contributed by atoms with Crippen LogP contribution in [0.25, 0.3) is 0 Å². The molecular formula is C16H24O3. The molecular weight excluding hydrogens is 240 g/mol.